The number of hydrogen-bond acceptors (Lipinski definition) is 2. The number of aromatic amines is 1. The third kappa shape index (κ3) is 3.26. The molecule has 0 radical (unpaired) electrons. The van der Waals surface area contributed by atoms with Crippen molar-refractivity contribution in [2.75, 3.05) is 0 Å². The van der Waals surface area contributed by atoms with E-state index in [1.54, 1.807) is 0 Å². The predicted octanol–water partition coefficient (Wildman–Crippen LogP) is 4.87. The zero-order valence-corrected chi connectivity index (χ0v) is 14.3. The summed E-state index contributed by atoms with van der Waals surface area (Å²) in [4.78, 5) is 16.5. The SMILES string of the molecule is CCC(CC)N[C@H](C(=O)c1c[nH]c2ccccc12)c1ccccc1. The number of Topliss-reactive ketones (excluding diaryl/α,β-unsaturated/α-hetero) is 1. The Morgan fingerprint density at radius 1 is 1.00 bits per heavy atom. The van der Waals surface area contributed by atoms with E-state index in [0.717, 1.165) is 34.9 Å². The Morgan fingerprint density at radius 3 is 2.38 bits per heavy atom. The highest BCUT2D eigenvalue weighted by molar-refractivity contribution is 6.10. The first-order chi connectivity index (χ1) is 11.7. The summed E-state index contributed by atoms with van der Waals surface area (Å²) in [7, 11) is 0. The topological polar surface area (TPSA) is 44.9 Å². The number of carbonyl (C=O) groups excluding carboxylic acids is 1. The van der Waals surface area contributed by atoms with Crippen molar-refractivity contribution in [3.8, 4) is 0 Å². The van der Waals surface area contributed by atoms with E-state index in [-0.39, 0.29) is 11.8 Å². The molecule has 0 spiro atoms. The van der Waals surface area contributed by atoms with E-state index in [1.165, 1.54) is 0 Å². The number of hydrogen-bond donors (Lipinski definition) is 2. The number of fused-ring (bicyclic) bond motifs is 1. The molecule has 2 N–H and O–H groups in total. The molecule has 124 valence electrons. The second kappa shape index (κ2) is 7.45. The molecule has 3 rings (SSSR count). The monoisotopic (exact) mass is 320 g/mol. The Hall–Kier alpha value is -2.39. The highest BCUT2D eigenvalue weighted by atomic mass is 16.1. The highest BCUT2D eigenvalue weighted by Gasteiger charge is 2.25. The predicted molar refractivity (Wildman–Crippen MR) is 99.3 cm³/mol. The average molecular weight is 320 g/mol. The zero-order chi connectivity index (χ0) is 16.9. The van der Waals surface area contributed by atoms with Crippen LogP contribution in [0.25, 0.3) is 10.9 Å². The second-order valence-electron chi connectivity index (χ2n) is 6.14. The van der Waals surface area contributed by atoms with Crippen molar-refractivity contribution < 1.29 is 4.79 Å². The van der Waals surface area contributed by atoms with Crippen LogP contribution in [0.2, 0.25) is 0 Å². The molecule has 0 bridgehead atoms. The minimum absolute atomic E-state index is 0.116. The van der Waals surface area contributed by atoms with Gasteiger partial charge in [-0.2, -0.15) is 0 Å². The number of ketones is 1. The number of benzene rings is 2. The van der Waals surface area contributed by atoms with Crippen molar-refractivity contribution in [1.82, 2.24) is 10.3 Å². The molecular formula is C21H24N2O. The van der Waals surface area contributed by atoms with Crippen LogP contribution in [0, 0.1) is 0 Å². The van der Waals surface area contributed by atoms with Gasteiger partial charge in [-0.1, -0.05) is 62.4 Å². The first kappa shape index (κ1) is 16.5. The normalized spacial score (nSPS) is 12.6. The van der Waals surface area contributed by atoms with E-state index < -0.39 is 0 Å². The van der Waals surface area contributed by atoms with Crippen molar-refractivity contribution in [1.29, 1.82) is 0 Å². The lowest BCUT2D eigenvalue weighted by Gasteiger charge is -2.23. The summed E-state index contributed by atoms with van der Waals surface area (Å²) in [6.07, 6.45) is 3.83. The van der Waals surface area contributed by atoms with Gasteiger partial charge in [0.25, 0.3) is 0 Å². The van der Waals surface area contributed by atoms with Crippen LogP contribution in [-0.4, -0.2) is 16.8 Å². The molecule has 1 aromatic heterocycles. The molecule has 3 nitrogen and oxygen atoms in total. The third-order valence-corrected chi connectivity index (χ3v) is 4.64. The largest absolute Gasteiger partial charge is 0.360 e. The van der Waals surface area contributed by atoms with Crippen molar-refractivity contribution in [2.45, 2.75) is 38.8 Å². The van der Waals surface area contributed by atoms with Crippen LogP contribution in [0.5, 0.6) is 0 Å². The summed E-state index contributed by atoms with van der Waals surface area (Å²) in [5.74, 6) is 0.116. The van der Waals surface area contributed by atoms with Crippen LogP contribution in [0.3, 0.4) is 0 Å². The number of aromatic nitrogens is 1. The van der Waals surface area contributed by atoms with Gasteiger partial charge in [-0.15, -0.1) is 0 Å². The van der Waals surface area contributed by atoms with E-state index in [4.69, 9.17) is 0 Å². The summed E-state index contributed by atoms with van der Waals surface area (Å²) >= 11 is 0. The minimum Gasteiger partial charge on any atom is -0.360 e. The van der Waals surface area contributed by atoms with Gasteiger partial charge < -0.3 is 10.3 Å². The van der Waals surface area contributed by atoms with Gasteiger partial charge >= 0.3 is 0 Å². The Bertz CT molecular complexity index is 803. The number of H-pyrrole nitrogens is 1. The first-order valence-electron chi connectivity index (χ1n) is 8.65. The maximum atomic E-state index is 13.3. The van der Waals surface area contributed by atoms with Crippen LogP contribution < -0.4 is 5.32 Å². The smallest absolute Gasteiger partial charge is 0.186 e. The molecule has 0 saturated carbocycles. The van der Waals surface area contributed by atoms with Gasteiger partial charge in [0.15, 0.2) is 5.78 Å². The zero-order valence-electron chi connectivity index (χ0n) is 14.3. The number of rotatable bonds is 7. The van der Waals surface area contributed by atoms with Gasteiger partial charge in [0.1, 0.15) is 0 Å². The van der Waals surface area contributed by atoms with E-state index in [9.17, 15) is 4.79 Å². The third-order valence-electron chi connectivity index (χ3n) is 4.64. The molecular weight excluding hydrogens is 296 g/mol. The second-order valence-corrected chi connectivity index (χ2v) is 6.14. The lowest BCUT2D eigenvalue weighted by Crippen LogP contribution is -2.36. The molecule has 3 aromatic rings. The lowest BCUT2D eigenvalue weighted by atomic mass is 9.95. The van der Waals surface area contributed by atoms with E-state index in [2.05, 4.69) is 24.1 Å². The minimum atomic E-state index is -0.324. The van der Waals surface area contributed by atoms with Gasteiger partial charge in [0.2, 0.25) is 0 Å². The van der Waals surface area contributed by atoms with Gasteiger partial charge in [0, 0.05) is 28.7 Å². The molecule has 0 saturated heterocycles. The summed E-state index contributed by atoms with van der Waals surface area (Å²) in [6.45, 7) is 4.30. The van der Waals surface area contributed by atoms with Gasteiger partial charge in [0.05, 0.1) is 6.04 Å². The molecule has 0 aliphatic carbocycles. The quantitative estimate of drug-likeness (QED) is 0.610. The van der Waals surface area contributed by atoms with Crippen LogP contribution in [0.15, 0.2) is 60.8 Å². The lowest BCUT2D eigenvalue weighted by molar-refractivity contribution is 0.0936. The maximum absolute atomic E-state index is 13.3. The molecule has 0 unspecified atom stereocenters. The molecule has 0 aliphatic heterocycles. The van der Waals surface area contributed by atoms with Crippen LogP contribution in [0.1, 0.15) is 48.7 Å². The van der Waals surface area contributed by atoms with Gasteiger partial charge in [-0.3, -0.25) is 4.79 Å². The van der Waals surface area contributed by atoms with Crippen molar-refractivity contribution in [3.05, 3.63) is 71.9 Å². The Kier molecular flexibility index (Phi) is 5.11. The maximum Gasteiger partial charge on any atom is 0.186 e. The molecule has 1 atom stereocenters. The fraction of sp³-hybridized carbons (Fsp3) is 0.286. The van der Waals surface area contributed by atoms with Crippen LogP contribution in [0.4, 0.5) is 0 Å². The van der Waals surface area contributed by atoms with Gasteiger partial charge in [-0.05, 0) is 24.5 Å². The Morgan fingerprint density at radius 2 is 1.67 bits per heavy atom. The summed E-state index contributed by atoms with van der Waals surface area (Å²) in [5, 5.41) is 4.54. The summed E-state index contributed by atoms with van der Waals surface area (Å²) < 4.78 is 0. The van der Waals surface area contributed by atoms with E-state index >= 15 is 0 Å². The average Bonchev–Trinajstić information content (AvgIpc) is 3.07. The molecule has 3 heteroatoms. The van der Waals surface area contributed by atoms with Crippen molar-refractivity contribution in [3.63, 3.8) is 0 Å². The fourth-order valence-electron chi connectivity index (χ4n) is 3.16. The Balaban J connectivity index is 1.99. The van der Waals surface area contributed by atoms with Crippen molar-refractivity contribution >= 4 is 16.7 Å². The Labute approximate surface area is 143 Å². The standard InChI is InChI=1S/C21H24N2O/c1-3-16(4-2)23-20(15-10-6-5-7-11-15)21(24)18-14-22-19-13-9-8-12-17(18)19/h5-14,16,20,22-23H,3-4H2,1-2H3/t20-/m0/s1. The van der Waals surface area contributed by atoms with Crippen LogP contribution >= 0.6 is 0 Å². The summed E-state index contributed by atoms with van der Waals surface area (Å²) in [6, 6.07) is 17.9. The molecule has 24 heavy (non-hydrogen) atoms. The van der Waals surface area contributed by atoms with E-state index in [1.807, 2.05) is 60.8 Å². The summed E-state index contributed by atoms with van der Waals surface area (Å²) in [5.41, 5.74) is 2.76. The van der Waals surface area contributed by atoms with E-state index in [0.29, 0.717) is 6.04 Å². The molecule has 0 amide bonds. The number of carbonyl (C=O) groups is 1. The number of para-hydroxylation sites is 1. The first-order valence-corrected chi connectivity index (χ1v) is 8.65. The van der Waals surface area contributed by atoms with Crippen molar-refractivity contribution in [2.24, 2.45) is 0 Å². The molecule has 0 aliphatic rings. The highest BCUT2D eigenvalue weighted by Crippen LogP contribution is 2.25. The van der Waals surface area contributed by atoms with Gasteiger partial charge in [-0.25, -0.2) is 0 Å². The molecule has 1 heterocycles. The number of nitrogens with one attached hydrogen (secondary N) is 2. The fourth-order valence-corrected chi connectivity index (χ4v) is 3.16. The molecule has 2 aromatic carbocycles. The van der Waals surface area contributed by atoms with Crippen LogP contribution in [-0.2, 0) is 0 Å². The molecule has 0 fully saturated rings.